The van der Waals surface area contributed by atoms with E-state index in [1.165, 1.54) is 4.88 Å². The van der Waals surface area contributed by atoms with Crippen LogP contribution in [-0.4, -0.2) is 31.3 Å². The average molecular weight is 389 g/mol. The molecule has 112 valence electrons. The Kier molecular flexibility index (Phi) is 5.00. The number of hydrogen-bond acceptors (Lipinski definition) is 5. The molecule has 0 unspecified atom stereocenters. The first-order valence-electron chi connectivity index (χ1n) is 6.69. The van der Waals surface area contributed by atoms with E-state index in [4.69, 9.17) is 16.3 Å². The minimum Gasteiger partial charge on any atom is -0.379 e. The summed E-state index contributed by atoms with van der Waals surface area (Å²) in [6.45, 7) is 4.10. The van der Waals surface area contributed by atoms with Crippen molar-refractivity contribution in [1.29, 1.82) is 0 Å². The van der Waals surface area contributed by atoms with Crippen molar-refractivity contribution in [1.82, 2.24) is 4.98 Å². The highest BCUT2D eigenvalue weighted by Gasteiger charge is 2.12. The van der Waals surface area contributed by atoms with Crippen molar-refractivity contribution >= 4 is 50.4 Å². The maximum absolute atomic E-state index is 6.03. The molecule has 1 N–H and O–H groups in total. The van der Waals surface area contributed by atoms with E-state index in [1.54, 1.807) is 11.3 Å². The highest BCUT2D eigenvalue weighted by atomic mass is 79.9. The van der Waals surface area contributed by atoms with Gasteiger partial charge in [0.15, 0.2) is 0 Å². The highest BCUT2D eigenvalue weighted by molar-refractivity contribution is 9.10. The first kappa shape index (κ1) is 15.1. The standard InChI is InChI=1S/C14H15BrClN3OS/c15-12-7-11(21-14(12)16)9-17-10-1-2-13(18-8-10)19-3-5-20-6-4-19/h1-2,7-8,17H,3-6,9H2. The third-order valence-electron chi connectivity index (χ3n) is 3.25. The zero-order valence-corrected chi connectivity index (χ0v) is 14.5. The summed E-state index contributed by atoms with van der Waals surface area (Å²) >= 11 is 11.0. The van der Waals surface area contributed by atoms with Crippen LogP contribution in [0.5, 0.6) is 0 Å². The zero-order chi connectivity index (χ0) is 14.7. The van der Waals surface area contributed by atoms with Crippen molar-refractivity contribution in [3.63, 3.8) is 0 Å². The van der Waals surface area contributed by atoms with Crippen LogP contribution in [-0.2, 0) is 11.3 Å². The van der Waals surface area contributed by atoms with E-state index in [0.717, 1.165) is 53.2 Å². The molecule has 1 saturated heterocycles. The number of nitrogens with one attached hydrogen (secondary N) is 1. The number of nitrogens with zero attached hydrogens (tertiary/aromatic N) is 2. The van der Waals surface area contributed by atoms with Gasteiger partial charge in [0.2, 0.25) is 0 Å². The number of anilines is 2. The Bertz CT molecular complexity index is 579. The number of thiophene rings is 1. The van der Waals surface area contributed by atoms with Crippen LogP contribution in [0, 0.1) is 0 Å². The van der Waals surface area contributed by atoms with Crippen molar-refractivity contribution in [3.8, 4) is 0 Å². The summed E-state index contributed by atoms with van der Waals surface area (Å²) in [5.74, 6) is 1.01. The molecule has 21 heavy (non-hydrogen) atoms. The van der Waals surface area contributed by atoms with Gasteiger partial charge in [0.1, 0.15) is 10.2 Å². The lowest BCUT2D eigenvalue weighted by molar-refractivity contribution is 0.122. The predicted octanol–water partition coefficient (Wildman–Crippen LogP) is 4.01. The molecule has 0 atom stereocenters. The lowest BCUT2D eigenvalue weighted by Gasteiger charge is -2.27. The Balaban J connectivity index is 1.59. The van der Waals surface area contributed by atoms with Crippen LogP contribution in [0.3, 0.4) is 0 Å². The molecule has 0 amide bonds. The van der Waals surface area contributed by atoms with E-state index < -0.39 is 0 Å². The SMILES string of the molecule is Clc1sc(CNc2ccc(N3CCOCC3)nc2)cc1Br. The number of aromatic nitrogens is 1. The van der Waals surface area contributed by atoms with E-state index in [-0.39, 0.29) is 0 Å². The van der Waals surface area contributed by atoms with Crippen molar-refractivity contribution in [3.05, 3.63) is 38.1 Å². The van der Waals surface area contributed by atoms with Crippen molar-refractivity contribution < 1.29 is 4.74 Å². The Morgan fingerprint density at radius 3 is 2.81 bits per heavy atom. The molecule has 0 aromatic carbocycles. The molecule has 0 aliphatic carbocycles. The number of ether oxygens (including phenoxy) is 1. The van der Waals surface area contributed by atoms with Gasteiger partial charge in [0, 0.05) is 29.0 Å². The topological polar surface area (TPSA) is 37.4 Å². The number of hydrogen-bond donors (Lipinski definition) is 1. The van der Waals surface area contributed by atoms with Gasteiger partial charge in [-0.2, -0.15) is 0 Å². The largest absolute Gasteiger partial charge is 0.379 e. The molecule has 1 aliphatic heterocycles. The summed E-state index contributed by atoms with van der Waals surface area (Å²) in [4.78, 5) is 7.94. The molecular formula is C14H15BrClN3OS. The van der Waals surface area contributed by atoms with Crippen LogP contribution < -0.4 is 10.2 Å². The lowest BCUT2D eigenvalue weighted by atomic mass is 10.3. The molecule has 0 radical (unpaired) electrons. The average Bonchev–Trinajstić information content (AvgIpc) is 2.85. The van der Waals surface area contributed by atoms with Gasteiger partial charge >= 0.3 is 0 Å². The molecule has 7 heteroatoms. The minimum absolute atomic E-state index is 0.745. The number of pyridine rings is 1. The second-order valence-electron chi connectivity index (χ2n) is 4.69. The molecule has 3 heterocycles. The van der Waals surface area contributed by atoms with Crippen LogP contribution >= 0.6 is 38.9 Å². The summed E-state index contributed by atoms with van der Waals surface area (Å²) in [5.41, 5.74) is 1.01. The van der Waals surface area contributed by atoms with Gasteiger partial charge in [-0.25, -0.2) is 4.98 Å². The second kappa shape index (κ2) is 6.96. The van der Waals surface area contributed by atoms with Crippen LogP contribution in [0.2, 0.25) is 4.34 Å². The van der Waals surface area contributed by atoms with Gasteiger partial charge < -0.3 is 15.0 Å². The lowest BCUT2D eigenvalue weighted by Crippen LogP contribution is -2.36. The van der Waals surface area contributed by atoms with Gasteiger partial charge in [-0.1, -0.05) is 11.6 Å². The monoisotopic (exact) mass is 387 g/mol. The van der Waals surface area contributed by atoms with E-state index in [0.29, 0.717) is 0 Å². The summed E-state index contributed by atoms with van der Waals surface area (Å²) in [6.07, 6.45) is 1.87. The van der Waals surface area contributed by atoms with Gasteiger partial charge in [-0.3, -0.25) is 0 Å². The third kappa shape index (κ3) is 3.88. The number of morpholine rings is 1. The van der Waals surface area contributed by atoms with Crippen LogP contribution in [0.25, 0.3) is 0 Å². The Morgan fingerprint density at radius 1 is 1.38 bits per heavy atom. The molecule has 0 spiro atoms. The van der Waals surface area contributed by atoms with E-state index >= 15 is 0 Å². The van der Waals surface area contributed by atoms with Crippen molar-refractivity contribution in [2.75, 3.05) is 36.5 Å². The molecule has 4 nitrogen and oxygen atoms in total. The first-order valence-corrected chi connectivity index (χ1v) is 8.67. The molecule has 1 fully saturated rings. The minimum atomic E-state index is 0.745. The molecule has 1 aliphatic rings. The second-order valence-corrected chi connectivity index (χ2v) is 7.29. The summed E-state index contributed by atoms with van der Waals surface area (Å²) in [6, 6.07) is 6.14. The molecule has 0 bridgehead atoms. The van der Waals surface area contributed by atoms with Crippen LogP contribution in [0.15, 0.2) is 28.9 Å². The summed E-state index contributed by atoms with van der Waals surface area (Å²) in [5, 5.41) is 3.36. The third-order valence-corrected chi connectivity index (χ3v) is 5.72. The van der Waals surface area contributed by atoms with Crippen molar-refractivity contribution in [2.24, 2.45) is 0 Å². The Hall–Kier alpha value is -0.820. The Labute approximate surface area is 141 Å². The van der Waals surface area contributed by atoms with Crippen LogP contribution in [0.1, 0.15) is 4.88 Å². The number of halogens is 2. The maximum Gasteiger partial charge on any atom is 0.128 e. The fourth-order valence-electron chi connectivity index (χ4n) is 2.14. The summed E-state index contributed by atoms with van der Waals surface area (Å²) in [7, 11) is 0. The van der Waals surface area contributed by atoms with E-state index in [1.807, 2.05) is 18.3 Å². The Morgan fingerprint density at radius 2 is 2.19 bits per heavy atom. The van der Waals surface area contributed by atoms with Crippen LogP contribution in [0.4, 0.5) is 11.5 Å². The van der Waals surface area contributed by atoms with E-state index in [2.05, 4.69) is 37.2 Å². The first-order chi connectivity index (χ1) is 10.2. The maximum atomic E-state index is 6.03. The molecule has 0 saturated carbocycles. The van der Waals surface area contributed by atoms with Gasteiger partial charge in [-0.15, -0.1) is 11.3 Å². The molecular weight excluding hydrogens is 374 g/mol. The van der Waals surface area contributed by atoms with Gasteiger partial charge in [0.05, 0.1) is 25.1 Å². The summed E-state index contributed by atoms with van der Waals surface area (Å²) < 4.78 is 7.08. The van der Waals surface area contributed by atoms with Crippen molar-refractivity contribution in [2.45, 2.75) is 6.54 Å². The highest BCUT2D eigenvalue weighted by Crippen LogP contribution is 2.32. The zero-order valence-electron chi connectivity index (χ0n) is 11.3. The predicted molar refractivity (Wildman–Crippen MR) is 91.6 cm³/mol. The normalized spacial score (nSPS) is 15.2. The fourth-order valence-corrected chi connectivity index (χ4v) is 3.87. The quantitative estimate of drug-likeness (QED) is 0.859. The number of rotatable bonds is 4. The van der Waals surface area contributed by atoms with Gasteiger partial charge in [-0.05, 0) is 34.1 Å². The molecule has 2 aromatic rings. The van der Waals surface area contributed by atoms with Gasteiger partial charge in [0.25, 0.3) is 0 Å². The smallest absolute Gasteiger partial charge is 0.128 e. The molecule has 3 rings (SSSR count). The molecule has 2 aromatic heterocycles. The fraction of sp³-hybridized carbons (Fsp3) is 0.357. The van der Waals surface area contributed by atoms with E-state index in [9.17, 15) is 0 Å².